The molecule has 1 fully saturated rings. The van der Waals surface area contributed by atoms with E-state index in [1.54, 1.807) is 0 Å². The van der Waals surface area contributed by atoms with Gasteiger partial charge in [-0.15, -0.1) is 11.3 Å². The van der Waals surface area contributed by atoms with Crippen molar-refractivity contribution in [2.75, 3.05) is 50.0 Å². The molecule has 1 aromatic rings. The number of carboxylic acid groups (broad SMARTS) is 1. The molecule has 21 heavy (non-hydrogen) atoms. The van der Waals surface area contributed by atoms with Gasteiger partial charge in [-0.1, -0.05) is 0 Å². The number of nitrogens with zero attached hydrogens (tertiary/aromatic N) is 2. The van der Waals surface area contributed by atoms with Gasteiger partial charge in [-0.05, 0) is 12.1 Å². The number of sulfonamides is 1. The van der Waals surface area contributed by atoms with Gasteiger partial charge >= 0.3 is 5.97 Å². The highest BCUT2D eigenvalue weighted by Gasteiger charge is 2.22. The first-order chi connectivity index (χ1) is 9.88. The Labute approximate surface area is 127 Å². The van der Waals surface area contributed by atoms with Crippen LogP contribution in [0.1, 0.15) is 9.67 Å². The Morgan fingerprint density at radius 3 is 2.62 bits per heavy atom. The van der Waals surface area contributed by atoms with Crippen LogP contribution in [0, 0.1) is 0 Å². The Morgan fingerprint density at radius 1 is 1.43 bits per heavy atom. The summed E-state index contributed by atoms with van der Waals surface area (Å²) >= 11 is 0.967. The zero-order chi connectivity index (χ0) is 15.5. The van der Waals surface area contributed by atoms with Crippen LogP contribution in [0.5, 0.6) is 0 Å². The molecule has 0 spiro atoms. The Bertz CT molecular complexity index is 593. The molecule has 9 heteroatoms. The molecule has 0 saturated carbocycles. The van der Waals surface area contributed by atoms with Gasteiger partial charge in [-0.2, -0.15) is 0 Å². The van der Waals surface area contributed by atoms with Crippen LogP contribution in [0.4, 0.5) is 5.00 Å². The van der Waals surface area contributed by atoms with Crippen LogP contribution in [0.3, 0.4) is 0 Å². The summed E-state index contributed by atoms with van der Waals surface area (Å²) in [5.74, 6) is -1.05. The zero-order valence-corrected chi connectivity index (χ0v) is 13.3. The average Bonchev–Trinajstić information content (AvgIpc) is 2.88. The molecule has 1 saturated heterocycles. The topological polar surface area (TPSA) is 87.2 Å². The SMILES string of the molecule is CS(=O)(=O)N(CCN1CCOCC1)c1ccc(C(=O)O)s1. The van der Waals surface area contributed by atoms with E-state index in [1.807, 2.05) is 0 Å². The maximum absolute atomic E-state index is 11.9. The maximum atomic E-state index is 11.9. The number of aromatic carboxylic acids is 1. The molecule has 7 nitrogen and oxygen atoms in total. The van der Waals surface area contributed by atoms with Crippen molar-refractivity contribution in [3.05, 3.63) is 17.0 Å². The first kappa shape index (κ1) is 16.2. The third-order valence-corrected chi connectivity index (χ3v) is 5.56. The van der Waals surface area contributed by atoms with Crippen molar-refractivity contribution in [3.63, 3.8) is 0 Å². The van der Waals surface area contributed by atoms with Gasteiger partial charge in [0.15, 0.2) is 0 Å². The second-order valence-electron chi connectivity index (χ2n) is 4.73. The van der Waals surface area contributed by atoms with Crippen LogP contribution in [-0.4, -0.2) is 70.0 Å². The minimum absolute atomic E-state index is 0.130. The van der Waals surface area contributed by atoms with Gasteiger partial charge in [0.05, 0.1) is 19.5 Å². The molecule has 0 aromatic carbocycles. The normalized spacial score (nSPS) is 16.8. The van der Waals surface area contributed by atoms with Crippen molar-refractivity contribution in [2.45, 2.75) is 0 Å². The highest BCUT2D eigenvalue weighted by Crippen LogP contribution is 2.27. The van der Waals surface area contributed by atoms with Crippen LogP contribution in [0.2, 0.25) is 0 Å². The van der Waals surface area contributed by atoms with Crippen molar-refractivity contribution in [1.29, 1.82) is 0 Å². The van der Waals surface area contributed by atoms with E-state index in [1.165, 1.54) is 16.4 Å². The zero-order valence-electron chi connectivity index (χ0n) is 11.7. The van der Waals surface area contributed by atoms with Crippen LogP contribution in [0.15, 0.2) is 12.1 Å². The Morgan fingerprint density at radius 2 is 2.10 bits per heavy atom. The predicted octanol–water partition coefficient (Wildman–Crippen LogP) is 0.545. The molecule has 1 aliphatic heterocycles. The lowest BCUT2D eigenvalue weighted by atomic mass is 10.4. The number of anilines is 1. The third-order valence-electron chi connectivity index (χ3n) is 3.17. The van der Waals surface area contributed by atoms with Crippen LogP contribution in [0.25, 0.3) is 0 Å². The van der Waals surface area contributed by atoms with E-state index < -0.39 is 16.0 Å². The lowest BCUT2D eigenvalue weighted by Gasteiger charge is -2.29. The summed E-state index contributed by atoms with van der Waals surface area (Å²) in [6, 6.07) is 2.96. The van der Waals surface area contributed by atoms with Gasteiger partial charge in [-0.3, -0.25) is 9.21 Å². The highest BCUT2D eigenvalue weighted by molar-refractivity contribution is 7.92. The lowest BCUT2D eigenvalue weighted by molar-refractivity contribution is 0.0395. The smallest absolute Gasteiger partial charge is 0.345 e. The molecule has 0 radical (unpaired) electrons. The van der Waals surface area contributed by atoms with Crippen molar-refractivity contribution >= 4 is 32.3 Å². The number of thiophene rings is 1. The van der Waals surface area contributed by atoms with E-state index in [4.69, 9.17) is 9.84 Å². The molecule has 2 heterocycles. The second kappa shape index (κ2) is 6.73. The highest BCUT2D eigenvalue weighted by atomic mass is 32.2. The van der Waals surface area contributed by atoms with E-state index in [0.717, 1.165) is 30.7 Å². The summed E-state index contributed by atoms with van der Waals surface area (Å²) in [6.07, 6.45) is 1.13. The summed E-state index contributed by atoms with van der Waals surface area (Å²) < 4.78 is 30.4. The van der Waals surface area contributed by atoms with Gasteiger partial charge in [0.25, 0.3) is 0 Å². The molecule has 2 rings (SSSR count). The predicted molar refractivity (Wildman–Crippen MR) is 80.7 cm³/mol. The fourth-order valence-electron chi connectivity index (χ4n) is 2.07. The van der Waals surface area contributed by atoms with Gasteiger partial charge < -0.3 is 9.84 Å². The molecule has 1 N–H and O–H groups in total. The standard InChI is InChI=1S/C12H18N2O5S2/c1-21(17,18)14(5-4-13-6-8-19-9-7-13)11-3-2-10(20-11)12(15)16/h2-3H,4-9H2,1H3,(H,15,16). The number of hydrogen-bond donors (Lipinski definition) is 1. The van der Waals surface area contributed by atoms with Crippen molar-refractivity contribution < 1.29 is 23.1 Å². The van der Waals surface area contributed by atoms with Crippen LogP contribution < -0.4 is 4.31 Å². The molecule has 0 unspecified atom stereocenters. The van der Waals surface area contributed by atoms with Gasteiger partial charge in [0.2, 0.25) is 10.0 Å². The number of ether oxygens (including phenoxy) is 1. The van der Waals surface area contributed by atoms with Gasteiger partial charge in [0.1, 0.15) is 9.88 Å². The number of carboxylic acids is 1. The Hall–Kier alpha value is -1.16. The minimum atomic E-state index is -3.44. The summed E-state index contributed by atoms with van der Waals surface area (Å²) in [6.45, 7) is 3.77. The summed E-state index contributed by atoms with van der Waals surface area (Å²) in [5.41, 5.74) is 0. The molecular formula is C12H18N2O5S2. The summed E-state index contributed by atoms with van der Waals surface area (Å²) in [7, 11) is -3.44. The first-order valence-electron chi connectivity index (χ1n) is 6.49. The number of morpholine rings is 1. The van der Waals surface area contributed by atoms with Crippen molar-refractivity contribution in [3.8, 4) is 0 Å². The van der Waals surface area contributed by atoms with E-state index in [9.17, 15) is 13.2 Å². The minimum Gasteiger partial charge on any atom is -0.477 e. The first-order valence-corrected chi connectivity index (χ1v) is 9.15. The fraction of sp³-hybridized carbons (Fsp3) is 0.583. The lowest BCUT2D eigenvalue weighted by Crippen LogP contribution is -2.42. The maximum Gasteiger partial charge on any atom is 0.345 e. The average molecular weight is 334 g/mol. The molecule has 0 aliphatic carbocycles. The molecule has 118 valence electrons. The van der Waals surface area contributed by atoms with E-state index in [-0.39, 0.29) is 4.88 Å². The molecule has 0 amide bonds. The molecule has 0 bridgehead atoms. The largest absolute Gasteiger partial charge is 0.477 e. The van der Waals surface area contributed by atoms with Crippen molar-refractivity contribution in [1.82, 2.24) is 4.90 Å². The van der Waals surface area contributed by atoms with Crippen LogP contribution in [-0.2, 0) is 14.8 Å². The second-order valence-corrected chi connectivity index (χ2v) is 7.70. The van der Waals surface area contributed by atoms with Crippen LogP contribution >= 0.6 is 11.3 Å². The van der Waals surface area contributed by atoms with Gasteiger partial charge in [-0.25, -0.2) is 13.2 Å². The summed E-state index contributed by atoms with van der Waals surface area (Å²) in [5, 5.41) is 9.37. The molecule has 1 aromatic heterocycles. The van der Waals surface area contributed by atoms with E-state index >= 15 is 0 Å². The van der Waals surface area contributed by atoms with Gasteiger partial charge in [0, 0.05) is 26.2 Å². The molecular weight excluding hydrogens is 316 g/mol. The molecule has 0 atom stereocenters. The number of rotatable bonds is 6. The monoisotopic (exact) mass is 334 g/mol. The summed E-state index contributed by atoms with van der Waals surface area (Å²) in [4.78, 5) is 13.2. The Kier molecular flexibility index (Phi) is 5.20. The third kappa shape index (κ3) is 4.40. The molecule has 1 aliphatic rings. The number of hydrogen-bond acceptors (Lipinski definition) is 6. The quantitative estimate of drug-likeness (QED) is 0.817. The Balaban J connectivity index is 2.08. The van der Waals surface area contributed by atoms with Crippen molar-refractivity contribution in [2.24, 2.45) is 0 Å². The number of carbonyl (C=O) groups is 1. The van der Waals surface area contributed by atoms with E-state index in [0.29, 0.717) is 31.3 Å². The fourth-order valence-corrected chi connectivity index (χ4v) is 4.17. The van der Waals surface area contributed by atoms with E-state index in [2.05, 4.69) is 4.90 Å².